The Bertz CT molecular complexity index is 341. The first-order valence-electron chi connectivity index (χ1n) is 4.97. The van der Waals surface area contributed by atoms with E-state index in [9.17, 15) is 4.79 Å². The van der Waals surface area contributed by atoms with Gasteiger partial charge in [-0.1, -0.05) is 24.3 Å². The van der Waals surface area contributed by atoms with Crippen molar-refractivity contribution in [3.63, 3.8) is 0 Å². The van der Waals surface area contributed by atoms with E-state index in [-0.39, 0.29) is 0 Å². The lowest BCUT2D eigenvalue weighted by atomic mass is 9.86. The summed E-state index contributed by atoms with van der Waals surface area (Å²) in [6.45, 7) is 3.97. The zero-order chi connectivity index (χ0) is 11.5. The molecule has 0 saturated heterocycles. The van der Waals surface area contributed by atoms with E-state index in [1.165, 1.54) is 0 Å². The van der Waals surface area contributed by atoms with Crippen LogP contribution in [0.3, 0.4) is 0 Å². The van der Waals surface area contributed by atoms with Gasteiger partial charge >= 0.3 is 5.97 Å². The second kappa shape index (κ2) is 4.45. The zero-order valence-electron chi connectivity index (χ0n) is 9.16. The van der Waals surface area contributed by atoms with Crippen LogP contribution in [-0.2, 0) is 17.8 Å². The Kier molecular flexibility index (Phi) is 3.48. The summed E-state index contributed by atoms with van der Waals surface area (Å²) < 4.78 is 0. The van der Waals surface area contributed by atoms with Crippen LogP contribution in [0.1, 0.15) is 25.0 Å². The summed E-state index contributed by atoms with van der Waals surface area (Å²) in [5.41, 5.74) is 6.85. The zero-order valence-corrected chi connectivity index (χ0v) is 9.16. The molecular weight excluding hydrogens is 190 g/mol. The van der Waals surface area contributed by atoms with Crippen LogP contribution in [0.15, 0.2) is 24.3 Å². The Hall–Kier alpha value is -1.35. The summed E-state index contributed by atoms with van der Waals surface area (Å²) >= 11 is 0. The minimum absolute atomic E-state index is 0.516. The molecule has 15 heavy (non-hydrogen) atoms. The van der Waals surface area contributed by atoms with Crippen molar-refractivity contribution in [2.75, 3.05) is 0 Å². The number of benzene rings is 1. The van der Waals surface area contributed by atoms with E-state index in [2.05, 4.69) is 0 Å². The Morgan fingerprint density at radius 2 is 1.73 bits per heavy atom. The van der Waals surface area contributed by atoms with E-state index < -0.39 is 11.4 Å². The molecule has 82 valence electrons. The number of carbonyl (C=O) groups is 1. The van der Waals surface area contributed by atoms with Gasteiger partial charge in [0.25, 0.3) is 0 Å². The maximum atomic E-state index is 10.9. The van der Waals surface area contributed by atoms with Crippen molar-refractivity contribution in [3.05, 3.63) is 35.4 Å². The monoisotopic (exact) mass is 207 g/mol. The van der Waals surface area contributed by atoms with Gasteiger partial charge in [0, 0.05) is 6.54 Å². The first-order chi connectivity index (χ1) is 6.95. The van der Waals surface area contributed by atoms with Gasteiger partial charge in [0.1, 0.15) is 0 Å². The third kappa shape index (κ3) is 3.06. The van der Waals surface area contributed by atoms with Crippen LogP contribution in [0.25, 0.3) is 0 Å². The van der Waals surface area contributed by atoms with Crippen LogP contribution in [0.5, 0.6) is 0 Å². The molecule has 0 amide bonds. The highest BCUT2D eigenvalue weighted by Gasteiger charge is 2.27. The predicted molar refractivity (Wildman–Crippen MR) is 59.5 cm³/mol. The maximum Gasteiger partial charge on any atom is 0.309 e. The molecule has 0 aromatic heterocycles. The topological polar surface area (TPSA) is 63.3 Å². The average Bonchev–Trinajstić information content (AvgIpc) is 2.18. The predicted octanol–water partition coefficient (Wildman–Crippen LogP) is 1.80. The molecule has 0 fully saturated rings. The van der Waals surface area contributed by atoms with Gasteiger partial charge in [0.05, 0.1) is 5.41 Å². The number of carboxylic acid groups (broad SMARTS) is 1. The molecule has 3 nitrogen and oxygen atoms in total. The summed E-state index contributed by atoms with van der Waals surface area (Å²) in [5, 5.41) is 8.98. The van der Waals surface area contributed by atoms with Crippen LogP contribution < -0.4 is 5.73 Å². The Labute approximate surface area is 89.9 Å². The standard InChI is InChI=1S/C12H17NO2/c1-12(2,11(14)15)7-9-3-5-10(8-13)6-4-9/h3-6H,7-8,13H2,1-2H3,(H,14,15). The second-order valence-corrected chi connectivity index (χ2v) is 4.39. The number of rotatable bonds is 4. The molecule has 0 atom stereocenters. The van der Waals surface area contributed by atoms with Gasteiger partial charge in [-0.3, -0.25) is 4.79 Å². The van der Waals surface area contributed by atoms with Crippen molar-refractivity contribution in [2.24, 2.45) is 11.1 Å². The van der Waals surface area contributed by atoms with E-state index in [1.54, 1.807) is 13.8 Å². The maximum absolute atomic E-state index is 10.9. The third-order valence-electron chi connectivity index (χ3n) is 2.48. The van der Waals surface area contributed by atoms with E-state index in [0.29, 0.717) is 13.0 Å². The van der Waals surface area contributed by atoms with Gasteiger partial charge in [-0.2, -0.15) is 0 Å². The highest BCUT2D eigenvalue weighted by Crippen LogP contribution is 2.22. The normalized spacial score (nSPS) is 11.4. The van der Waals surface area contributed by atoms with E-state index in [0.717, 1.165) is 11.1 Å². The molecule has 0 heterocycles. The molecule has 0 unspecified atom stereocenters. The molecule has 1 aromatic carbocycles. The molecule has 3 N–H and O–H groups in total. The quantitative estimate of drug-likeness (QED) is 0.791. The lowest BCUT2D eigenvalue weighted by Crippen LogP contribution is -2.26. The summed E-state index contributed by atoms with van der Waals surface area (Å²) in [5.74, 6) is -0.773. The molecule has 0 spiro atoms. The highest BCUT2D eigenvalue weighted by atomic mass is 16.4. The van der Waals surface area contributed by atoms with E-state index >= 15 is 0 Å². The Morgan fingerprint density at radius 3 is 2.13 bits per heavy atom. The van der Waals surface area contributed by atoms with Gasteiger partial charge in [-0.15, -0.1) is 0 Å². The first kappa shape index (κ1) is 11.7. The fourth-order valence-electron chi connectivity index (χ4n) is 1.38. The Balaban J connectivity index is 2.77. The number of hydrogen-bond donors (Lipinski definition) is 2. The van der Waals surface area contributed by atoms with Crippen molar-refractivity contribution in [1.82, 2.24) is 0 Å². The SMILES string of the molecule is CC(C)(Cc1ccc(CN)cc1)C(=O)O. The number of nitrogens with two attached hydrogens (primary N) is 1. The third-order valence-corrected chi connectivity index (χ3v) is 2.48. The molecule has 0 aliphatic heterocycles. The second-order valence-electron chi connectivity index (χ2n) is 4.39. The molecule has 0 bridgehead atoms. The molecule has 0 aliphatic carbocycles. The smallest absolute Gasteiger partial charge is 0.309 e. The van der Waals surface area contributed by atoms with Crippen molar-refractivity contribution >= 4 is 5.97 Å². The van der Waals surface area contributed by atoms with Crippen molar-refractivity contribution < 1.29 is 9.90 Å². The van der Waals surface area contributed by atoms with Crippen molar-refractivity contribution in [2.45, 2.75) is 26.8 Å². The minimum atomic E-state index is -0.773. The molecule has 3 heteroatoms. The summed E-state index contributed by atoms with van der Waals surface area (Å²) in [7, 11) is 0. The van der Waals surface area contributed by atoms with Gasteiger partial charge in [-0.05, 0) is 31.4 Å². The summed E-state index contributed by atoms with van der Waals surface area (Å²) in [6, 6.07) is 7.75. The summed E-state index contributed by atoms with van der Waals surface area (Å²) in [6.07, 6.45) is 0.535. The fraction of sp³-hybridized carbons (Fsp3) is 0.417. The fourth-order valence-corrected chi connectivity index (χ4v) is 1.38. The van der Waals surface area contributed by atoms with E-state index in [1.807, 2.05) is 24.3 Å². The lowest BCUT2D eigenvalue weighted by Gasteiger charge is -2.18. The van der Waals surface area contributed by atoms with Gasteiger partial charge < -0.3 is 10.8 Å². The molecule has 0 radical (unpaired) electrons. The lowest BCUT2D eigenvalue weighted by molar-refractivity contribution is -0.146. The van der Waals surface area contributed by atoms with Gasteiger partial charge in [0.2, 0.25) is 0 Å². The van der Waals surface area contributed by atoms with Gasteiger partial charge in [0.15, 0.2) is 0 Å². The molecule has 0 aliphatic rings. The van der Waals surface area contributed by atoms with Crippen LogP contribution >= 0.6 is 0 Å². The van der Waals surface area contributed by atoms with Crippen molar-refractivity contribution in [1.29, 1.82) is 0 Å². The largest absolute Gasteiger partial charge is 0.481 e. The molecule has 1 rings (SSSR count). The molecular formula is C12H17NO2. The summed E-state index contributed by atoms with van der Waals surface area (Å²) in [4.78, 5) is 10.9. The molecule has 0 saturated carbocycles. The first-order valence-corrected chi connectivity index (χ1v) is 4.97. The van der Waals surface area contributed by atoms with Gasteiger partial charge in [-0.25, -0.2) is 0 Å². The van der Waals surface area contributed by atoms with E-state index in [4.69, 9.17) is 10.8 Å². The minimum Gasteiger partial charge on any atom is -0.481 e. The van der Waals surface area contributed by atoms with Crippen LogP contribution in [0.2, 0.25) is 0 Å². The average molecular weight is 207 g/mol. The molecule has 1 aromatic rings. The van der Waals surface area contributed by atoms with Crippen LogP contribution in [0, 0.1) is 5.41 Å². The number of hydrogen-bond acceptors (Lipinski definition) is 2. The van der Waals surface area contributed by atoms with Crippen LogP contribution in [0.4, 0.5) is 0 Å². The highest BCUT2D eigenvalue weighted by molar-refractivity contribution is 5.74. The number of carboxylic acids is 1. The van der Waals surface area contributed by atoms with Crippen molar-refractivity contribution in [3.8, 4) is 0 Å². The number of aliphatic carboxylic acids is 1. The Morgan fingerprint density at radius 1 is 1.27 bits per heavy atom. The van der Waals surface area contributed by atoms with Crippen LogP contribution in [-0.4, -0.2) is 11.1 Å².